The van der Waals surface area contributed by atoms with E-state index in [0.29, 0.717) is 19.1 Å². The Morgan fingerprint density at radius 3 is 2.60 bits per heavy atom. The molecule has 1 heterocycles. The van der Waals surface area contributed by atoms with Crippen LogP contribution < -0.4 is 5.32 Å². The van der Waals surface area contributed by atoms with Gasteiger partial charge >= 0.3 is 0 Å². The largest absolute Gasteiger partial charge is 0.371 e. The minimum Gasteiger partial charge on any atom is -0.371 e. The summed E-state index contributed by atoms with van der Waals surface area (Å²) in [5, 5.41) is 5.47. The number of nitrogens with one attached hydrogen (secondary N) is 1. The van der Waals surface area contributed by atoms with Gasteiger partial charge in [0.1, 0.15) is 0 Å². The molecule has 0 amide bonds. The van der Waals surface area contributed by atoms with Gasteiger partial charge in [0.15, 0.2) is 0 Å². The lowest BCUT2D eigenvalue weighted by Gasteiger charge is -2.13. The molecule has 0 aliphatic carbocycles. The maximum Gasteiger partial charge on any atom is 0.0813 e. The lowest BCUT2D eigenvalue weighted by atomic mass is 10.00. The zero-order valence-electron chi connectivity index (χ0n) is 12.3. The van der Waals surface area contributed by atoms with Gasteiger partial charge in [-0.3, -0.25) is 0 Å². The van der Waals surface area contributed by atoms with Crippen LogP contribution in [0.5, 0.6) is 0 Å². The molecule has 1 atom stereocenters. The van der Waals surface area contributed by atoms with Crippen LogP contribution in [0.4, 0.5) is 0 Å². The summed E-state index contributed by atoms with van der Waals surface area (Å²) in [5.74, 6) is 0.552. The first kappa shape index (κ1) is 15.2. The van der Waals surface area contributed by atoms with Crippen molar-refractivity contribution < 1.29 is 4.74 Å². The van der Waals surface area contributed by atoms with E-state index in [2.05, 4.69) is 60.9 Å². The van der Waals surface area contributed by atoms with Crippen LogP contribution in [0.3, 0.4) is 0 Å². The van der Waals surface area contributed by atoms with E-state index in [1.165, 1.54) is 16.0 Å². The van der Waals surface area contributed by atoms with Crippen LogP contribution in [0.25, 0.3) is 0 Å². The number of likely N-dealkylation sites (N-methyl/N-ethyl adjacent to an activating group) is 1. The summed E-state index contributed by atoms with van der Waals surface area (Å²) in [6.45, 7) is 7.84. The van der Waals surface area contributed by atoms with Crippen molar-refractivity contribution in [1.82, 2.24) is 5.32 Å². The predicted molar refractivity (Wildman–Crippen MR) is 86.2 cm³/mol. The van der Waals surface area contributed by atoms with Gasteiger partial charge in [-0.25, -0.2) is 0 Å². The molecule has 3 heteroatoms. The average molecular weight is 289 g/mol. The molecule has 20 heavy (non-hydrogen) atoms. The summed E-state index contributed by atoms with van der Waals surface area (Å²) in [6.07, 6.45) is 0. The smallest absolute Gasteiger partial charge is 0.0813 e. The molecule has 1 aromatic heterocycles. The van der Waals surface area contributed by atoms with E-state index in [0.717, 1.165) is 13.1 Å². The molecule has 0 spiro atoms. The van der Waals surface area contributed by atoms with Gasteiger partial charge in [0.25, 0.3) is 0 Å². The normalized spacial score (nSPS) is 12.5. The molecule has 1 N–H and O–H groups in total. The Hall–Kier alpha value is -1.16. The van der Waals surface area contributed by atoms with Gasteiger partial charge in [0, 0.05) is 11.4 Å². The van der Waals surface area contributed by atoms with E-state index in [-0.39, 0.29) is 0 Å². The van der Waals surface area contributed by atoms with E-state index in [1.807, 2.05) is 0 Å². The first-order valence-electron chi connectivity index (χ1n) is 7.19. The van der Waals surface area contributed by atoms with Gasteiger partial charge in [-0.2, -0.15) is 0 Å². The second-order valence-electron chi connectivity index (χ2n) is 5.02. The second-order valence-corrected chi connectivity index (χ2v) is 6.05. The van der Waals surface area contributed by atoms with E-state index in [4.69, 9.17) is 4.74 Å². The summed E-state index contributed by atoms with van der Waals surface area (Å²) in [5.41, 5.74) is 2.62. The summed E-state index contributed by atoms with van der Waals surface area (Å²) in [6, 6.07) is 12.9. The fraction of sp³-hybridized carbons (Fsp3) is 0.412. The summed E-state index contributed by atoms with van der Waals surface area (Å²) < 4.78 is 5.73. The molecular weight excluding hydrogens is 266 g/mol. The van der Waals surface area contributed by atoms with E-state index in [1.54, 1.807) is 11.3 Å². The third-order valence-corrected chi connectivity index (χ3v) is 4.19. The van der Waals surface area contributed by atoms with Crippen LogP contribution in [0, 0.1) is 0 Å². The summed E-state index contributed by atoms with van der Waals surface area (Å²) in [4.78, 5) is 1.28. The second kappa shape index (κ2) is 8.20. The number of hydrogen-bond donors (Lipinski definition) is 1. The van der Waals surface area contributed by atoms with Crippen molar-refractivity contribution in [2.75, 3.05) is 13.1 Å². The monoisotopic (exact) mass is 289 g/mol. The van der Waals surface area contributed by atoms with Crippen LogP contribution in [-0.4, -0.2) is 13.1 Å². The van der Waals surface area contributed by atoms with Gasteiger partial charge < -0.3 is 10.1 Å². The molecule has 0 aliphatic heterocycles. The molecule has 1 aromatic carbocycles. The van der Waals surface area contributed by atoms with Crippen LogP contribution in [0.15, 0.2) is 41.8 Å². The van der Waals surface area contributed by atoms with Gasteiger partial charge in [-0.1, -0.05) is 44.2 Å². The first-order chi connectivity index (χ1) is 9.79. The molecule has 0 saturated heterocycles. The maximum atomic E-state index is 5.73. The molecule has 0 saturated carbocycles. The maximum absolute atomic E-state index is 5.73. The third kappa shape index (κ3) is 4.75. The number of thiophene rings is 1. The van der Waals surface area contributed by atoms with E-state index < -0.39 is 0 Å². The number of rotatable bonds is 8. The molecule has 0 aliphatic rings. The van der Waals surface area contributed by atoms with E-state index >= 15 is 0 Å². The lowest BCUT2D eigenvalue weighted by Crippen LogP contribution is -2.19. The van der Waals surface area contributed by atoms with Crippen molar-refractivity contribution in [3.8, 4) is 0 Å². The SMILES string of the molecule is CCNCC(C)c1ccc(COCc2cccs2)cc1. The Morgan fingerprint density at radius 2 is 1.95 bits per heavy atom. The average Bonchev–Trinajstić information content (AvgIpc) is 2.99. The Kier molecular flexibility index (Phi) is 6.25. The third-order valence-electron chi connectivity index (χ3n) is 3.34. The van der Waals surface area contributed by atoms with Crippen LogP contribution >= 0.6 is 11.3 Å². The number of benzene rings is 1. The summed E-state index contributed by atoms with van der Waals surface area (Å²) in [7, 11) is 0. The van der Waals surface area contributed by atoms with Crippen molar-refractivity contribution in [3.63, 3.8) is 0 Å². The molecule has 0 radical (unpaired) electrons. The Labute approximate surface area is 125 Å². The topological polar surface area (TPSA) is 21.3 Å². The molecule has 2 aromatic rings. The lowest BCUT2D eigenvalue weighted by molar-refractivity contribution is 0.109. The van der Waals surface area contributed by atoms with Gasteiger partial charge in [-0.05, 0) is 35.0 Å². The number of ether oxygens (including phenoxy) is 1. The van der Waals surface area contributed by atoms with Crippen LogP contribution in [0.2, 0.25) is 0 Å². The Morgan fingerprint density at radius 1 is 1.15 bits per heavy atom. The molecule has 0 bridgehead atoms. The highest BCUT2D eigenvalue weighted by atomic mass is 32.1. The van der Waals surface area contributed by atoms with Crippen molar-refractivity contribution in [3.05, 3.63) is 57.8 Å². The molecule has 2 nitrogen and oxygen atoms in total. The van der Waals surface area contributed by atoms with Crippen LogP contribution in [0.1, 0.15) is 35.8 Å². The molecule has 0 fully saturated rings. The highest BCUT2D eigenvalue weighted by Gasteiger charge is 2.04. The zero-order valence-corrected chi connectivity index (χ0v) is 13.1. The van der Waals surface area contributed by atoms with Crippen molar-refractivity contribution in [2.24, 2.45) is 0 Å². The predicted octanol–water partition coefficient (Wildman–Crippen LogP) is 4.18. The fourth-order valence-corrected chi connectivity index (χ4v) is 2.73. The zero-order chi connectivity index (χ0) is 14.2. The quantitative estimate of drug-likeness (QED) is 0.787. The molecule has 1 unspecified atom stereocenters. The van der Waals surface area contributed by atoms with Crippen molar-refractivity contribution in [1.29, 1.82) is 0 Å². The molecule has 108 valence electrons. The van der Waals surface area contributed by atoms with Gasteiger partial charge in [0.2, 0.25) is 0 Å². The highest BCUT2D eigenvalue weighted by molar-refractivity contribution is 7.09. The van der Waals surface area contributed by atoms with Crippen LogP contribution in [-0.2, 0) is 18.0 Å². The minimum atomic E-state index is 0.552. The Balaban J connectivity index is 1.79. The summed E-state index contributed by atoms with van der Waals surface area (Å²) >= 11 is 1.74. The first-order valence-corrected chi connectivity index (χ1v) is 8.07. The molecule has 2 rings (SSSR count). The van der Waals surface area contributed by atoms with Crippen molar-refractivity contribution >= 4 is 11.3 Å². The highest BCUT2D eigenvalue weighted by Crippen LogP contribution is 2.16. The standard InChI is InChI=1S/C17H23NOS/c1-3-18-11-14(2)16-8-6-15(7-9-16)12-19-13-17-5-4-10-20-17/h4-10,14,18H,3,11-13H2,1-2H3. The minimum absolute atomic E-state index is 0.552. The fourth-order valence-electron chi connectivity index (χ4n) is 2.09. The number of hydrogen-bond acceptors (Lipinski definition) is 3. The Bertz CT molecular complexity index is 478. The van der Waals surface area contributed by atoms with Gasteiger partial charge in [-0.15, -0.1) is 11.3 Å². The van der Waals surface area contributed by atoms with Gasteiger partial charge in [0.05, 0.1) is 13.2 Å². The molecular formula is C17H23NOS. The van der Waals surface area contributed by atoms with Crippen molar-refractivity contribution in [2.45, 2.75) is 33.0 Å². The van der Waals surface area contributed by atoms with E-state index in [9.17, 15) is 0 Å².